The van der Waals surface area contributed by atoms with Crippen LogP contribution in [-0.4, -0.2) is 28.8 Å². The number of aryl methyl sites for hydroxylation is 1. The van der Waals surface area contributed by atoms with E-state index >= 15 is 0 Å². The van der Waals surface area contributed by atoms with E-state index in [9.17, 15) is 19.1 Å². The number of hydrogen-bond donors (Lipinski definition) is 1. The van der Waals surface area contributed by atoms with E-state index in [-0.39, 0.29) is 29.4 Å². The number of aliphatic hydroxyl groups excluding tert-OH is 1. The second-order valence-electron chi connectivity index (χ2n) is 8.59. The van der Waals surface area contributed by atoms with Crippen LogP contribution in [0.4, 0.5) is 4.39 Å². The Morgan fingerprint density at radius 1 is 1.18 bits per heavy atom. The van der Waals surface area contributed by atoms with Crippen LogP contribution in [0.15, 0.2) is 64.8 Å². The number of carbonyl (C=O) groups is 2. The summed E-state index contributed by atoms with van der Waals surface area (Å²) in [6.45, 7) is 5.70. The van der Waals surface area contributed by atoms with Gasteiger partial charge in [0, 0.05) is 11.1 Å². The quantitative estimate of drug-likeness (QED) is 0.297. The molecule has 176 valence electrons. The predicted octanol–water partition coefficient (Wildman–Crippen LogP) is 5.48. The standard InChI is InChI=1S/C27H26FNO5/c1-15(2)19-13-20(16(3)12-22(19)33-4)25(30)23-24(18-9-5-6-10-21(18)28)29(27(32)26(23)31)14-17-8-7-11-34-17/h5-13,15,24,30H,14H2,1-4H3/b25-23+. The Morgan fingerprint density at radius 3 is 2.53 bits per heavy atom. The molecule has 0 aliphatic carbocycles. The predicted molar refractivity (Wildman–Crippen MR) is 125 cm³/mol. The third kappa shape index (κ3) is 3.98. The fraction of sp³-hybridized carbons (Fsp3) is 0.259. The monoisotopic (exact) mass is 463 g/mol. The number of furan rings is 1. The molecular weight excluding hydrogens is 437 g/mol. The van der Waals surface area contributed by atoms with Crippen LogP contribution in [0, 0.1) is 12.7 Å². The smallest absolute Gasteiger partial charge is 0.296 e. The molecule has 2 aromatic carbocycles. The van der Waals surface area contributed by atoms with Crippen molar-refractivity contribution in [1.82, 2.24) is 4.90 Å². The van der Waals surface area contributed by atoms with Crippen LogP contribution in [0.3, 0.4) is 0 Å². The lowest BCUT2D eigenvalue weighted by molar-refractivity contribution is -0.140. The molecule has 7 heteroatoms. The number of carbonyl (C=O) groups excluding carboxylic acids is 2. The topological polar surface area (TPSA) is 80.0 Å². The Morgan fingerprint density at radius 2 is 1.91 bits per heavy atom. The lowest BCUT2D eigenvalue weighted by Crippen LogP contribution is -2.29. The van der Waals surface area contributed by atoms with Crippen molar-refractivity contribution < 1.29 is 28.2 Å². The second kappa shape index (κ2) is 9.17. The Bertz CT molecular complexity index is 1280. The van der Waals surface area contributed by atoms with E-state index in [1.54, 1.807) is 44.4 Å². The first-order chi connectivity index (χ1) is 16.2. The van der Waals surface area contributed by atoms with Gasteiger partial charge in [-0.1, -0.05) is 32.0 Å². The normalized spacial score (nSPS) is 17.6. The van der Waals surface area contributed by atoms with Gasteiger partial charge in [-0.2, -0.15) is 0 Å². The third-order valence-electron chi connectivity index (χ3n) is 6.10. The number of methoxy groups -OCH3 is 1. The molecule has 1 amide bonds. The summed E-state index contributed by atoms with van der Waals surface area (Å²) in [5.74, 6) is -1.47. The van der Waals surface area contributed by atoms with Gasteiger partial charge in [0.15, 0.2) is 0 Å². The van der Waals surface area contributed by atoms with E-state index < -0.39 is 23.5 Å². The van der Waals surface area contributed by atoms with Gasteiger partial charge in [0.05, 0.1) is 31.5 Å². The average molecular weight is 464 g/mol. The number of halogens is 1. The highest BCUT2D eigenvalue weighted by Gasteiger charge is 2.47. The molecule has 1 atom stereocenters. The molecule has 1 N–H and O–H groups in total. The first-order valence-corrected chi connectivity index (χ1v) is 11.0. The fourth-order valence-corrected chi connectivity index (χ4v) is 4.36. The lowest BCUT2D eigenvalue weighted by atomic mass is 9.91. The zero-order chi connectivity index (χ0) is 24.6. The van der Waals surface area contributed by atoms with Crippen LogP contribution < -0.4 is 4.74 Å². The number of ether oxygens (including phenoxy) is 1. The first kappa shape index (κ1) is 23.3. The molecule has 0 bridgehead atoms. The number of nitrogens with zero attached hydrogens (tertiary/aromatic N) is 1. The molecule has 2 heterocycles. The summed E-state index contributed by atoms with van der Waals surface area (Å²) in [5, 5.41) is 11.4. The number of amides is 1. The van der Waals surface area contributed by atoms with Gasteiger partial charge in [0.1, 0.15) is 23.1 Å². The molecule has 0 radical (unpaired) electrons. The van der Waals surface area contributed by atoms with E-state index in [0.29, 0.717) is 22.6 Å². The van der Waals surface area contributed by atoms with Crippen LogP contribution in [0.25, 0.3) is 5.76 Å². The summed E-state index contributed by atoms with van der Waals surface area (Å²) < 4.78 is 25.8. The van der Waals surface area contributed by atoms with E-state index in [4.69, 9.17) is 9.15 Å². The van der Waals surface area contributed by atoms with Crippen molar-refractivity contribution in [2.75, 3.05) is 7.11 Å². The van der Waals surface area contributed by atoms with Crippen molar-refractivity contribution in [1.29, 1.82) is 0 Å². The van der Waals surface area contributed by atoms with E-state index in [2.05, 4.69) is 0 Å². The van der Waals surface area contributed by atoms with Gasteiger partial charge in [-0.3, -0.25) is 9.59 Å². The maximum absolute atomic E-state index is 14.9. The first-order valence-electron chi connectivity index (χ1n) is 11.0. The van der Waals surface area contributed by atoms with Crippen molar-refractivity contribution in [2.24, 2.45) is 0 Å². The summed E-state index contributed by atoms with van der Waals surface area (Å²) >= 11 is 0. The Kier molecular flexibility index (Phi) is 6.28. The van der Waals surface area contributed by atoms with Gasteiger partial charge in [-0.15, -0.1) is 0 Å². The van der Waals surface area contributed by atoms with Gasteiger partial charge in [-0.05, 0) is 54.3 Å². The van der Waals surface area contributed by atoms with Crippen molar-refractivity contribution >= 4 is 17.4 Å². The van der Waals surface area contributed by atoms with Crippen LogP contribution in [-0.2, 0) is 16.1 Å². The summed E-state index contributed by atoms with van der Waals surface area (Å²) in [6.07, 6.45) is 1.46. The molecule has 6 nitrogen and oxygen atoms in total. The molecule has 0 spiro atoms. The number of benzene rings is 2. The number of hydrogen-bond acceptors (Lipinski definition) is 5. The average Bonchev–Trinajstić information content (AvgIpc) is 3.41. The molecule has 1 aliphatic heterocycles. The SMILES string of the molecule is COc1cc(C)c(/C(O)=C2\C(=O)C(=O)N(Cc3ccco3)C2c2ccccc2F)cc1C(C)C. The number of likely N-dealkylation sites (tertiary alicyclic amines) is 1. The Hall–Kier alpha value is -3.87. The van der Waals surface area contributed by atoms with Gasteiger partial charge in [0.25, 0.3) is 11.7 Å². The van der Waals surface area contributed by atoms with Crippen molar-refractivity contribution in [2.45, 2.75) is 39.3 Å². The maximum atomic E-state index is 14.9. The fourth-order valence-electron chi connectivity index (χ4n) is 4.36. The minimum atomic E-state index is -1.12. The molecular formula is C27H26FNO5. The zero-order valence-electron chi connectivity index (χ0n) is 19.5. The molecule has 4 rings (SSSR count). The maximum Gasteiger partial charge on any atom is 0.296 e. The molecule has 1 aromatic heterocycles. The molecule has 34 heavy (non-hydrogen) atoms. The molecule has 3 aromatic rings. The summed E-state index contributed by atoms with van der Waals surface area (Å²) in [7, 11) is 1.57. The Labute approximate surface area is 197 Å². The highest BCUT2D eigenvalue weighted by molar-refractivity contribution is 6.46. The summed E-state index contributed by atoms with van der Waals surface area (Å²) in [6, 6.07) is 11.7. The second-order valence-corrected chi connectivity index (χ2v) is 8.59. The highest BCUT2D eigenvalue weighted by Crippen LogP contribution is 2.42. The van der Waals surface area contributed by atoms with Crippen molar-refractivity contribution in [3.05, 3.63) is 94.2 Å². The van der Waals surface area contributed by atoms with Crippen LogP contribution in [0.5, 0.6) is 5.75 Å². The van der Waals surface area contributed by atoms with Crippen LogP contribution >= 0.6 is 0 Å². The van der Waals surface area contributed by atoms with E-state index in [0.717, 1.165) is 5.56 Å². The minimum absolute atomic E-state index is 0.0494. The number of ketones is 1. The molecule has 0 saturated carbocycles. The Balaban J connectivity index is 1.94. The number of rotatable bonds is 6. The third-order valence-corrected chi connectivity index (χ3v) is 6.10. The zero-order valence-corrected chi connectivity index (χ0v) is 19.5. The lowest BCUT2D eigenvalue weighted by Gasteiger charge is -2.25. The molecule has 1 unspecified atom stereocenters. The highest BCUT2D eigenvalue weighted by atomic mass is 19.1. The van der Waals surface area contributed by atoms with Crippen LogP contribution in [0.1, 0.15) is 53.8 Å². The van der Waals surface area contributed by atoms with E-state index in [1.807, 2.05) is 13.8 Å². The largest absolute Gasteiger partial charge is 0.507 e. The molecule has 1 fully saturated rings. The van der Waals surface area contributed by atoms with Gasteiger partial charge < -0.3 is 19.2 Å². The van der Waals surface area contributed by atoms with Crippen molar-refractivity contribution in [3.8, 4) is 5.75 Å². The molecule has 1 aliphatic rings. The summed E-state index contributed by atoms with van der Waals surface area (Å²) in [4.78, 5) is 27.5. The number of aliphatic hydroxyl groups is 1. The van der Waals surface area contributed by atoms with Gasteiger partial charge in [-0.25, -0.2) is 4.39 Å². The van der Waals surface area contributed by atoms with Crippen molar-refractivity contribution in [3.63, 3.8) is 0 Å². The number of Topliss-reactive ketones (excluding diaryl/α,β-unsaturated/α-hetero) is 1. The minimum Gasteiger partial charge on any atom is -0.507 e. The summed E-state index contributed by atoms with van der Waals surface area (Å²) in [5.41, 5.74) is 1.83. The van der Waals surface area contributed by atoms with Gasteiger partial charge >= 0.3 is 0 Å². The van der Waals surface area contributed by atoms with Crippen LogP contribution in [0.2, 0.25) is 0 Å². The van der Waals surface area contributed by atoms with E-state index in [1.165, 1.54) is 29.4 Å². The van der Waals surface area contributed by atoms with Gasteiger partial charge in [0.2, 0.25) is 0 Å². The molecule has 1 saturated heterocycles.